The van der Waals surface area contributed by atoms with Crippen LogP contribution in [-0.4, -0.2) is 58.4 Å². The summed E-state index contributed by atoms with van der Waals surface area (Å²) in [5, 5.41) is 0. The van der Waals surface area contributed by atoms with Crippen LogP contribution in [0.4, 0.5) is 19.0 Å². The second kappa shape index (κ2) is 7.93. The number of aryl methyl sites for hydroxylation is 1. The van der Waals surface area contributed by atoms with Crippen LogP contribution in [-0.2, 0) is 16.2 Å². The van der Waals surface area contributed by atoms with Crippen molar-refractivity contribution in [2.24, 2.45) is 0 Å². The van der Waals surface area contributed by atoms with Crippen molar-refractivity contribution < 1.29 is 21.6 Å². The Labute approximate surface area is 177 Å². The number of halogens is 3. The van der Waals surface area contributed by atoms with E-state index in [9.17, 15) is 21.6 Å². The van der Waals surface area contributed by atoms with Crippen molar-refractivity contribution in [1.29, 1.82) is 0 Å². The molecule has 1 aliphatic rings. The fraction of sp³-hybridized carbons (Fsp3) is 0.316. The number of aromatic nitrogens is 4. The summed E-state index contributed by atoms with van der Waals surface area (Å²) in [4.78, 5) is 14.2. The number of nitrogens with zero attached hydrogens (tertiary/aromatic N) is 6. The monoisotopic (exact) mass is 452 g/mol. The standard InChI is InChI=1S/C19H19F3N6O2S/c1-14-23-5-6-28(14)18-12-17(24-13-25-18)26-7-9-27(10-8-26)31(29,30)16-4-2-3-15(11-16)19(20,21)22/h2-6,11-13H,7-10H2,1H3. The summed E-state index contributed by atoms with van der Waals surface area (Å²) in [5.41, 5.74) is -0.990. The molecule has 0 bridgehead atoms. The van der Waals surface area contributed by atoms with E-state index in [0.29, 0.717) is 30.8 Å². The van der Waals surface area contributed by atoms with Gasteiger partial charge in [0.2, 0.25) is 10.0 Å². The van der Waals surface area contributed by atoms with Gasteiger partial charge in [0.05, 0.1) is 10.5 Å². The molecule has 0 unspecified atom stereocenters. The molecule has 0 radical (unpaired) electrons. The van der Waals surface area contributed by atoms with Crippen molar-refractivity contribution in [3.8, 4) is 5.82 Å². The average Bonchev–Trinajstić information content (AvgIpc) is 3.19. The van der Waals surface area contributed by atoms with Gasteiger partial charge in [0.1, 0.15) is 23.8 Å². The van der Waals surface area contributed by atoms with Crippen LogP contribution in [0.1, 0.15) is 11.4 Å². The van der Waals surface area contributed by atoms with Crippen LogP contribution >= 0.6 is 0 Å². The van der Waals surface area contributed by atoms with Gasteiger partial charge >= 0.3 is 6.18 Å². The van der Waals surface area contributed by atoms with Crippen molar-refractivity contribution in [1.82, 2.24) is 23.8 Å². The molecule has 1 fully saturated rings. The van der Waals surface area contributed by atoms with Gasteiger partial charge in [-0.2, -0.15) is 17.5 Å². The van der Waals surface area contributed by atoms with Crippen LogP contribution in [0.3, 0.4) is 0 Å². The van der Waals surface area contributed by atoms with Crippen molar-refractivity contribution in [3.63, 3.8) is 0 Å². The molecule has 0 saturated carbocycles. The van der Waals surface area contributed by atoms with E-state index in [1.807, 2.05) is 11.8 Å². The third-order valence-corrected chi connectivity index (χ3v) is 6.97. The van der Waals surface area contributed by atoms with Crippen molar-refractivity contribution >= 4 is 15.8 Å². The number of benzene rings is 1. The predicted octanol–water partition coefficient (Wildman–Crippen LogP) is 2.50. The lowest BCUT2D eigenvalue weighted by atomic mass is 10.2. The Morgan fingerprint density at radius 2 is 1.68 bits per heavy atom. The Morgan fingerprint density at radius 3 is 2.32 bits per heavy atom. The summed E-state index contributed by atoms with van der Waals surface area (Å²) < 4.78 is 67.6. The largest absolute Gasteiger partial charge is 0.416 e. The van der Waals surface area contributed by atoms with Gasteiger partial charge in [-0.25, -0.2) is 23.4 Å². The molecule has 1 aliphatic heterocycles. The highest BCUT2D eigenvalue weighted by atomic mass is 32.2. The third kappa shape index (κ3) is 4.26. The molecule has 4 rings (SSSR count). The Balaban J connectivity index is 1.50. The van der Waals surface area contributed by atoms with E-state index in [-0.39, 0.29) is 18.0 Å². The van der Waals surface area contributed by atoms with Crippen molar-refractivity contribution in [2.45, 2.75) is 18.0 Å². The predicted molar refractivity (Wildman–Crippen MR) is 106 cm³/mol. The zero-order chi connectivity index (χ0) is 22.2. The lowest BCUT2D eigenvalue weighted by Gasteiger charge is -2.34. The molecule has 12 heteroatoms. The van der Waals surface area contributed by atoms with Crippen LogP contribution in [0, 0.1) is 6.92 Å². The molecule has 0 aliphatic carbocycles. The maximum Gasteiger partial charge on any atom is 0.416 e. The minimum atomic E-state index is -4.61. The highest BCUT2D eigenvalue weighted by molar-refractivity contribution is 7.89. The number of anilines is 1. The van der Waals surface area contributed by atoms with E-state index in [1.54, 1.807) is 23.0 Å². The van der Waals surface area contributed by atoms with Crippen LogP contribution in [0.5, 0.6) is 0 Å². The quantitative estimate of drug-likeness (QED) is 0.605. The first-order valence-corrected chi connectivity index (χ1v) is 10.8. The van der Waals surface area contributed by atoms with Gasteiger partial charge in [-0.1, -0.05) is 6.07 Å². The second-order valence-corrected chi connectivity index (χ2v) is 8.93. The van der Waals surface area contributed by atoms with Crippen molar-refractivity contribution in [2.75, 3.05) is 31.1 Å². The second-order valence-electron chi connectivity index (χ2n) is 7.00. The molecule has 8 nitrogen and oxygen atoms in total. The van der Waals surface area contributed by atoms with E-state index in [1.165, 1.54) is 16.7 Å². The van der Waals surface area contributed by atoms with Gasteiger partial charge in [0.25, 0.3) is 0 Å². The smallest absolute Gasteiger partial charge is 0.354 e. The summed E-state index contributed by atoms with van der Waals surface area (Å²) >= 11 is 0. The first kappa shape index (κ1) is 21.2. The summed E-state index contributed by atoms with van der Waals surface area (Å²) in [6.07, 6.45) is 0.258. The molecule has 164 valence electrons. The summed E-state index contributed by atoms with van der Waals surface area (Å²) in [6, 6.07) is 5.59. The Morgan fingerprint density at radius 1 is 0.968 bits per heavy atom. The average molecular weight is 452 g/mol. The summed E-state index contributed by atoms with van der Waals surface area (Å²) in [6.45, 7) is 2.79. The first-order valence-electron chi connectivity index (χ1n) is 9.41. The summed E-state index contributed by atoms with van der Waals surface area (Å²) in [7, 11) is -4.04. The van der Waals surface area contributed by atoms with E-state index in [2.05, 4.69) is 15.0 Å². The van der Waals surface area contributed by atoms with E-state index in [0.717, 1.165) is 18.0 Å². The fourth-order valence-corrected chi connectivity index (χ4v) is 4.87. The van der Waals surface area contributed by atoms with E-state index < -0.39 is 21.8 Å². The maximum atomic E-state index is 13.0. The van der Waals surface area contributed by atoms with E-state index >= 15 is 0 Å². The molecular formula is C19H19F3N6O2S. The number of imidazole rings is 1. The topological polar surface area (TPSA) is 84.2 Å². The number of hydrogen-bond acceptors (Lipinski definition) is 6. The van der Waals surface area contributed by atoms with Crippen LogP contribution in [0.25, 0.3) is 5.82 Å². The van der Waals surface area contributed by atoms with Gasteiger partial charge in [-0.3, -0.25) is 4.57 Å². The Bertz CT molecular complexity index is 1190. The maximum absolute atomic E-state index is 13.0. The molecule has 2 aromatic heterocycles. The van der Waals surface area contributed by atoms with Gasteiger partial charge in [0.15, 0.2) is 0 Å². The van der Waals surface area contributed by atoms with Gasteiger partial charge in [-0.15, -0.1) is 0 Å². The minimum Gasteiger partial charge on any atom is -0.354 e. The molecular weight excluding hydrogens is 433 g/mol. The SMILES string of the molecule is Cc1nccn1-c1cc(N2CCN(S(=O)(=O)c3cccc(C(F)(F)F)c3)CC2)ncn1. The highest BCUT2D eigenvalue weighted by Gasteiger charge is 2.34. The Kier molecular flexibility index (Phi) is 5.43. The molecule has 0 N–H and O–H groups in total. The van der Waals surface area contributed by atoms with Gasteiger partial charge in [-0.05, 0) is 25.1 Å². The molecule has 1 aromatic carbocycles. The first-order chi connectivity index (χ1) is 14.7. The van der Waals surface area contributed by atoms with Crippen LogP contribution in [0.15, 0.2) is 53.9 Å². The van der Waals surface area contributed by atoms with E-state index in [4.69, 9.17) is 0 Å². The summed E-state index contributed by atoms with van der Waals surface area (Å²) in [5.74, 6) is 2.04. The van der Waals surface area contributed by atoms with Gasteiger partial charge in [0, 0.05) is 44.6 Å². The number of sulfonamides is 1. The highest BCUT2D eigenvalue weighted by Crippen LogP contribution is 2.31. The number of alkyl halides is 3. The fourth-order valence-electron chi connectivity index (χ4n) is 3.40. The molecule has 0 amide bonds. The molecule has 0 spiro atoms. The van der Waals surface area contributed by atoms with Crippen LogP contribution < -0.4 is 4.90 Å². The number of piperazine rings is 1. The zero-order valence-corrected chi connectivity index (χ0v) is 17.3. The zero-order valence-electron chi connectivity index (χ0n) is 16.5. The normalized spacial score (nSPS) is 15.9. The molecule has 1 saturated heterocycles. The molecule has 3 heterocycles. The molecule has 31 heavy (non-hydrogen) atoms. The minimum absolute atomic E-state index is 0.127. The number of hydrogen-bond donors (Lipinski definition) is 0. The lowest BCUT2D eigenvalue weighted by Crippen LogP contribution is -2.49. The van der Waals surface area contributed by atoms with Crippen molar-refractivity contribution in [3.05, 3.63) is 60.4 Å². The molecule has 3 aromatic rings. The molecule has 0 atom stereocenters. The number of rotatable bonds is 4. The third-order valence-electron chi connectivity index (χ3n) is 5.07. The Hall–Kier alpha value is -2.99. The van der Waals surface area contributed by atoms with Gasteiger partial charge < -0.3 is 4.90 Å². The van der Waals surface area contributed by atoms with Crippen LogP contribution in [0.2, 0.25) is 0 Å². The lowest BCUT2D eigenvalue weighted by molar-refractivity contribution is -0.137.